The third-order valence-corrected chi connectivity index (χ3v) is 7.58. The zero-order chi connectivity index (χ0) is 25.0. The number of likely N-dealkylation sites (N-methyl/N-ethyl adjacent to an activating group) is 1. The molecule has 3 heterocycles. The highest BCUT2D eigenvalue weighted by atomic mass is 32.2. The van der Waals surface area contributed by atoms with Crippen molar-refractivity contribution in [2.24, 2.45) is 0 Å². The number of amides is 1. The van der Waals surface area contributed by atoms with Crippen LogP contribution in [0.2, 0.25) is 0 Å². The van der Waals surface area contributed by atoms with Gasteiger partial charge in [0.05, 0.1) is 4.91 Å². The van der Waals surface area contributed by atoms with Crippen molar-refractivity contribution in [1.82, 2.24) is 14.4 Å². The van der Waals surface area contributed by atoms with Gasteiger partial charge in [-0.3, -0.25) is 23.9 Å². The van der Waals surface area contributed by atoms with Gasteiger partial charge in [-0.1, -0.05) is 30.9 Å². The SMILES string of the molecule is CCN1CCN(c2c(/C=C3/SC(=S)N(CCCC(=O)O)C3=O)c(C)c(C#N)c(=O)n2CC)CC1. The molecule has 0 radical (unpaired) electrons. The number of carboxylic acids is 1. The second kappa shape index (κ2) is 11.2. The largest absolute Gasteiger partial charge is 0.481 e. The number of rotatable bonds is 8. The van der Waals surface area contributed by atoms with Gasteiger partial charge in [0.1, 0.15) is 21.8 Å². The first kappa shape index (κ1) is 25.9. The summed E-state index contributed by atoms with van der Waals surface area (Å²) < 4.78 is 1.99. The summed E-state index contributed by atoms with van der Waals surface area (Å²) in [6, 6.07) is 2.04. The number of nitrogens with zero attached hydrogens (tertiary/aromatic N) is 5. The fourth-order valence-corrected chi connectivity index (χ4v) is 5.56. The number of aliphatic carboxylic acids is 1. The number of hydrogen-bond donors (Lipinski definition) is 1. The van der Waals surface area contributed by atoms with E-state index in [-0.39, 0.29) is 30.0 Å². The van der Waals surface area contributed by atoms with Gasteiger partial charge in [0.25, 0.3) is 11.5 Å². The van der Waals surface area contributed by atoms with Crippen LogP contribution < -0.4 is 10.5 Å². The van der Waals surface area contributed by atoms with E-state index < -0.39 is 5.97 Å². The van der Waals surface area contributed by atoms with Gasteiger partial charge in [0, 0.05) is 51.3 Å². The molecule has 1 aromatic heterocycles. The fourth-order valence-electron chi connectivity index (χ4n) is 4.27. The summed E-state index contributed by atoms with van der Waals surface area (Å²) >= 11 is 6.54. The molecule has 3 rings (SSSR count). The standard InChI is InChI=1S/C23H29N5O4S2/c1-4-25-9-11-26(12-10-25)20-16(15(3)17(14-24)21(31)27(20)5-2)13-18-22(32)28(23(33)34-18)8-6-7-19(29)30/h13H,4-12H2,1-3H3,(H,29,30)/b18-13+. The zero-order valence-corrected chi connectivity index (χ0v) is 21.3. The Morgan fingerprint density at radius 3 is 2.44 bits per heavy atom. The van der Waals surface area contributed by atoms with E-state index in [1.807, 2.05) is 13.0 Å². The van der Waals surface area contributed by atoms with Gasteiger partial charge < -0.3 is 14.9 Å². The van der Waals surface area contributed by atoms with Gasteiger partial charge in [-0.25, -0.2) is 0 Å². The van der Waals surface area contributed by atoms with E-state index in [4.69, 9.17) is 17.3 Å². The summed E-state index contributed by atoms with van der Waals surface area (Å²) in [7, 11) is 0. The van der Waals surface area contributed by atoms with Crippen LogP contribution in [0.25, 0.3) is 6.08 Å². The molecular formula is C23H29N5O4S2. The number of carbonyl (C=O) groups excluding carboxylic acids is 1. The Bertz CT molecular complexity index is 1130. The van der Waals surface area contributed by atoms with Crippen molar-refractivity contribution in [3.8, 4) is 6.07 Å². The maximum Gasteiger partial charge on any atom is 0.303 e. The van der Waals surface area contributed by atoms with Crippen LogP contribution in [0.4, 0.5) is 5.82 Å². The van der Waals surface area contributed by atoms with E-state index in [0.29, 0.717) is 33.3 Å². The fraction of sp³-hybridized carbons (Fsp3) is 0.522. The Hall–Kier alpha value is -2.68. The minimum atomic E-state index is -0.921. The van der Waals surface area contributed by atoms with E-state index in [1.54, 1.807) is 17.6 Å². The van der Waals surface area contributed by atoms with Gasteiger partial charge in [0.2, 0.25) is 0 Å². The molecular weight excluding hydrogens is 474 g/mol. The lowest BCUT2D eigenvalue weighted by Crippen LogP contribution is -2.48. The maximum atomic E-state index is 13.1. The third kappa shape index (κ3) is 5.19. The van der Waals surface area contributed by atoms with Crippen molar-refractivity contribution >= 4 is 52.1 Å². The number of carbonyl (C=O) groups is 2. The molecule has 2 saturated heterocycles. The summed E-state index contributed by atoms with van der Waals surface area (Å²) in [5.74, 6) is -0.486. The number of carboxylic acid groups (broad SMARTS) is 1. The lowest BCUT2D eigenvalue weighted by Gasteiger charge is -2.37. The molecule has 0 atom stereocenters. The number of pyridine rings is 1. The number of anilines is 1. The predicted molar refractivity (Wildman–Crippen MR) is 137 cm³/mol. The van der Waals surface area contributed by atoms with Crippen molar-refractivity contribution in [3.05, 3.63) is 31.9 Å². The maximum absolute atomic E-state index is 13.1. The number of nitriles is 1. The molecule has 0 unspecified atom stereocenters. The highest BCUT2D eigenvalue weighted by Gasteiger charge is 2.33. The van der Waals surface area contributed by atoms with Crippen LogP contribution in [0.5, 0.6) is 0 Å². The molecule has 0 aliphatic carbocycles. The van der Waals surface area contributed by atoms with Crippen LogP contribution in [-0.4, -0.2) is 74.9 Å². The minimum Gasteiger partial charge on any atom is -0.481 e. The quantitative estimate of drug-likeness (QED) is 0.422. The lowest BCUT2D eigenvalue weighted by molar-refractivity contribution is -0.137. The average molecular weight is 504 g/mol. The summed E-state index contributed by atoms with van der Waals surface area (Å²) in [5.41, 5.74) is 0.963. The lowest BCUT2D eigenvalue weighted by atomic mass is 10.0. The highest BCUT2D eigenvalue weighted by Crippen LogP contribution is 2.36. The predicted octanol–water partition coefficient (Wildman–Crippen LogP) is 2.26. The Balaban J connectivity index is 2.07. The van der Waals surface area contributed by atoms with Crippen molar-refractivity contribution in [2.75, 3.05) is 44.2 Å². The number of hydrogen-bond acceptors (Lipinski definition) is 8. The monoisotopic (exact) mass is 503 g/mol. The van der Waals surface area contributed by atoms with Gasteiger partial charge >= 0.3 is 5.97 Å². The summed E-state index contributed by atoms with van der Waals surface area (Å²) in [6.07, 6.45) is 2.00. The van der Waals surface area contributed by atoms with Crippen LogP contribution in [-0.2, 0) is 16.1 Å². The molecule has 0 saturated carbocycles. The normalized spacial score (nSPS) is 18.1. The molecule has 1 amide bonds. The Kier molecular flexibility index (Phi) is 8.52. The van der Waals surface area contributed by atoms with Crippen molar-refractivity contribution < 1.29 is 14.7 Å². The van der Waals surface area contributed by atoms with Crippen molar-refractivity contribution in [1.29, 1.82) is 5.26 Å². The number of aromatic nitrogens is 1. The first-order valence-electron chi connectivity index (χ1n) is 11.3. The summed E-state index contributed by atoms with van der Waals surface area (Å²) in [5, 5.41) is 18.6. The molecule has 34 heavy (non-hydrogen) atoms. The van der Waals surface area contributed by atoms with Gasteiger partial charge in [0.15, 0.2) is 0 Å². The molecule has 182 valence electrons. The summed E-state index contributed by atoms with van der Waals surface area (Å²) in [4.78, 5) is 43.4. The first-order valence-corrected chi connectivity index (χ1v) is 12.6. The molecule has 0 spiro atoms. The Morgan fingerprint density at radius 1 is 1.21 bits per heavy atom. The average Bonchev–Trinajstić information content (AvgIpc) is 3.08. The molecule has 2 aliphatic rings. The summed E-state index contributed by atoms with van der Waals surface area (Å²) in [6.45, 7) is 10.5. The first-order chi connectivity index (χ1) is 16.2. The minimum absolute atomic E-state index is 0.0455. The number of thioether (sulfide) groups is 1. The highest BCUT2D eigenvalue weighted by molar-refractivity contribution is 8.26. The Labute approximate surface area is 208 Å². The smallest absolute Gasteiger partial charge is 0.303 e. The Morgan fingerprint density at radius 2 is 1.88 bits per heavy atom. The van der Waals surface area contributed by atoms with Crippen LogP contribution in [0.1, 0.15) is 43.4 Å². The van der Waals surface area contributed by atoms with E-state index in [1.165, 1.54) is 4.90 Å². The van der Waals surface area contributed by atoms with Crippen LogP contribution in [0.3, 0.4) is 0 Å². The van der Waals surface area contributed by atoms with E-state index in [9.17, 15) is 19.6 Å². The molecule has 1 aromatic rings. The topological polar surface area (TPSA) is 110 Å². The molecule has 0 bridgehead atoms. The molecule has 1 N–H and O–H groups in total. The van der Waals surface area contributed by atoms with Crippen LogP contribution in [0, 0.1) is 18.3 Å². The molecule has 2 aliphatic heterocycles. The zero-order valence-electron chi connectivity index (χ0n) is 19.7. The number of thiocarbonyl (C=S) groups is 1. The van der Waals surface area contributed by atoms with Crippen molar-refractivity contribution in [3.63, 3.8) is 0 Å². The molecule has 11 heteroatoms. The molecule has 2 fully saturated rings. The van der Waals surface area contributed by atoms with Gasteiger partial charge in [-0.2, -0.15) is 5.26 Å². The van der Waals surface area contributed by atoms with Gasteiger partial charge in [-0.15, -0.1) is 0 Å². The van der Waals surface area contributed by atoms with E-state index in [0.717, 1.165) is 50.3 Å². The molecule has 9 nitrogen and oxygen atoms in total. The van der Waals surface area contributed by atoms with Crippen LogP contribution >= 0.6 is 24.0 Å². The second-order valence-corrected chi connectivity index (χ2v) is 9.83. The van der Waals surface area contributed by atoms with E-state index in [2.05, 4.69) is 16.7 Å². The second-order valence-electron chi connectivity index (χ2n) is 8.15. The van der Waals surface area contributed by atoms with Crippen molar-refractivity contribution in [2.45, 2.75) is 40.2 Å². The van der Waals surface area contributed by atoms with Gasteiger partial charge in [-0.05, 0) is 38.5 Å². The third-order valence-electron chi connectivity index (χ3n) is 6.20. The number of piperazine rings is 1. The van der Waals surface area contributed by atoms with Crippen LogP contribution in [0.15, 0.2) is 9.70 Å². The molecule has 0 aromatic carbocycles. The van der Waals surface area contributed by atoms with E-state index >= 15 is 0 Å².